The van der Waals surface area contributed by atoms with Crippen molar-refractivity contribution in [2.75, 3.05) is 23.7 Å². The van der Waals surface area contributed by atoms with E-state index in [0.717, 1.165) is 30.2 Å². The Balaban J connectivity index is 2.07. The molecule has 0 bridgehead atoms. The van der Waals surface area contributed by atoms with Gasteiger partial charge in [0.1, 0.15) is 17.5 Å². The highest BCUT2D eigenvalue weighted by molar-refractivity contribution is 5.75. The molecule has 1 aromatic carbocycles. The molecule has 2 N–H and O–H groups in total. The van der Waals surface area contributed by atoms with Crippen LogP contribution in [0, 0.1) is 0 Å². The fourth-order valence-corrected chi connectivity index (χ4v) is 2.56. The third-order valence-corrected chi connectivity index (χ3v) is 3.43. The Kier molecular flexibility index (Phi) is 4.34. The number of hydrogen-bond donors (Lipinski definition) is 1. The lowest BCUT2D eigenvalue weighted by Gasteiger charge is -2.35. The van der Waals surface area contributed by atoms with Crippen molar-refractivity contribution >= 4 is 11.4 Å². The maximum atomic E-state index is 6.09. The molecular formula is C15H24N2O. The van der Waals surface area contributed by atoms with Crippen LogP contribution in [0.1, 0.15) is 39.5 Å². The maximum Gasteiger partial charge on any atom is 0.145 e. The van der Waals surface area contributed by atoms with E-state index in [1.54, 1.807) is 0 Å². The SMILES string of the molecule is CCCCCCN1CC(C)Oc2cccc(N)c21. The highest BCUT2D eigenvalue weighted by Gasteiger charge is 2.24. The van der Waals surface area contributed by atoms with Gasteiger partial charge in [-0.2, -0.15) is 0 Å². The molecule has 0 spiro atoms. The van der Waals surface area contributed by atoms with Gasteiger partial charge in [0.15, 0.2) is 0 Å². The highest BCUT2D eigenvalue weighted by Crippen LogP contribution is 2.38. The maximum absolute atomic E-state index is 6.09. The van der Waals surface area contributed by atoms with Crippen LogP contribution in [-0.2, 0) is 0 Å². The average molecular weight is 248 g/mol. The molecule has 0 amide bonds. The second-order valence-electron chi connectivity index (χ2n) is 5.13. The van der Waals surface area contributed by atoms with Crippen molar-refractivity contribution in [1.29, 1.82) is 0 Å². The highest BCUT2D eigenvalue weighted by atomic mass is 16.5. The molecule has 0 radical (unpaired) electrons. The van der Waals surface area contributed by atoms with Crippen molar-refractivity contribution in [2.24, 2.45) is 0 Å². The number of fused-ring (bicyclic) bond motifs is 1. The minimum atomic E-state index is 0.241. The number of rotatable bonds is 5. The molecule has 2 rings (SSSR count). The van der Waals surface area contributed by atoms with Crippen LogP contribution >= 0.6 is 0 Å². The summed E-state index contributed by atoms with van der Waals surface area (Å²) < 4.78 is 5.85. The summed E-state index contributed by atoms with van der Waals surface area (Å²) in [6.45, 7) is 6.37. The summed E-state index contributed by atoms with van der Waals surface area (Å²) in [5.74, 6) is 0.934. The number of ether oxygens (including phenoxy) is 1. The van der Waals surface area contributed by atoms with E-state index in [-0.39, 0.29) is 6.10 Å². The van der Waals surface area contributed by atoms with Crippen molar-refractivity contribution < 1.29 is 4.74 Å². The van der Waals surface area contributed by atoms with Crippen LogP contribution in [0.2, 0.25) is 0 Å². The van der Waals surface area contributed by atoms with Crippen molar-refractivity contribution in [3.8, 4) is 5.75 Å². The Morgan fingerprint density at radius 2 is 2.17 bits per heavy atom. The monoisotopic (exact) mass is 248 g/mol. The van der Waals surface area contributed by atoms with Gasteiger partial charge in [-0.15, -0.1) is 0 Å². The second kappa shape index (κ2) is 5.98. The minimum absolute atomic E-state index is 0.241. The summed E-state index contributed by atoms with van der Waals surface area (Å²) in [6.07, 6.45) is 5.36. The topological polar surface area (TPSA) is 38.5 Å². The van der Waals surface area contributed by atoms with Gasteiger partial charge < -0.3 is 15.4 Å². The Morgan fingerprint density at radius 3 is 2.94 bits per heavy atom. The molecule has 1 heterocycles. The van der Waals surface area contributed by atoms with Gasteiger partial charge in [-0.25, -0.2) is 0 Å². The third kappa shape index (κ3) is 2.89. The van der Waals surface area contributed by atoms with Gasteiger partial charge in [-0.1, -0.05) is 32.3 Å². The predicted molar refractivity (Wildman–Crippen MR) is 77.3 cm³/mol. The van der Waals surface area contributed by atoms with E-state index in [9.17, 15) is 0 Å². The Hall–Kier alpha value is -1.38. The standard InChI is InChI=1S/C15H24N2O/c1-3-4-5-6-10-17-11-12(2)18-14-9-7-8-13(16)15(14)17/h7-9,12H,3-6,10-11,16H2,1-2H3. The van der Waals surface area contributed by atoms with Crippen molar-refractivity contribution in [2.45, 2.75) is 45.6 Å². The largest absolute Gasteiger partial charge is 0.487 e. The number of nitrogens with zero attached hydrogens (tertiary/aromatic N) is 1. The number of nitrogens with two attached hydrogens (primary N) is 1. The second-order valence-corrected chi connectivity index (χ2v) is 5.13. The van der Waals surface area contributed by atoms with Crippen LogP contribution in [0.5, 0.6) is 5.75 Å². The molecule has 1 aliphatic heterocycles. The Labute approximate surface area is 110 Å². The summed E-state index contributed by atoms with van der Waals surface area (Å²) >= 11 is 0. The minimum Gasteiger partial charge on any atom is -0.487 e. The number of para-hydroxylation sites is 1. The summed E-state index contributed by atoms with van der Waals surface area (Å²) in [5, 5.41) is 0. The number of nitrogen functional groups attached to an aromatic ring is 1. The van der Waals surface area contributed by atoms with Crippen LogP contribution in [0.25, 0.3) is 0 Å². The number of benzene rings is 1. The fraction of sp³-hybridized carbons (Fsp3) is 0.600. The molecule has 3 heteroatoms. The smallest absolute Gasteiger partial charge is 0.145 e. The van der Waals surface area contributed by atoms with Crippen molar-refractivity contribution in [3.63, 3.8) is 0 Å². The molecule has 1 atom stereocenters. The fourth-order valence-electron chi connectivity index (χ4n) is 2.56. The van der Waals surface area contributed by atoms with E-state index in [4.69, 9.17) is 10.5 Å². The van der Waals surface area contributed by atoms with E-state index in [1.165, 1.54) is 25.7 Å². The van der Waals surface area contributed by atoms with Crippen LogP contribution in [0.3, 0.4) is 0 Å². The quantitative estimate of drug-likeness (QED) is 0.641. The molecule has 3 nitrogen and oxygen atoms in total. The van der Waals surface area contributed by atoms with Gasteiger partial charge in [-0.3, -0.25) is 0 Å². The summed E-state index contributed by atoms with van der Waals surface area (Å²) in [5.41, 5.74) is 8.00. The van der Waals surface area contributed by atoms with Crippen LogP contribution < -0.4 is 15.4 Å². The van der Waals surface area contributed by atoms with E-state index < -0.39 is 0 Å². The first-order chi connectivity index (χ1) is 8.72. The zero-order valence-electron chi connectivity index (χ0n) is 11.5. The molecule has 0 aliphatic carbocycles. The lowest BCUT2D eigenvalue weighted by atomic mass is 10.1. The van der Waals surface area contributed by atoms with E-state index >= 15 is 0 Å². The van der Waals surface area contributed by atoms with Gasteiger partial charge in [-0.05, 0) is 25.5 Å². The molecular weight excluding hydrogens is 224 g/mol. The normalized spacial score (nSPS) is 18.3. The number of anilines is 2. The van der Waals surface area contributed by atoms with Gasteiger partial charge >= 0.3 is 0 Å². The van der Waals surface area contributed by atoms with E-state index in [0.29, 0.717) is 0 Å². The molecule has 1 aliphatic rings. The van der Waals surface area contributed by atoms with Gasteiger partial charge in [0.05, 0.1) is 12.2 Å². The zero-order valence-corrected chi connectivity index (χ0v) is 11.5. The van der Waals surface area contributed by atoms with Crippen LogP contribution in [0.15, 0.2) is 18.2 Å². The van der Waals surface area contributed by atoms with Crippen molar-refractivity contribution in [3.05, 3.63) is 18.2 Å². The first kappa shape index (κ1) is 13.1. The van der Waals surface area contributed by atoms with Gasteiger partial charge in [0.2, 0.25) is 0 Å². The molecule has 100 valence electrons. The third-order valence-electron chi connectivity index (χ3n) is 3.43. The van der Waals surface area contributed by atoms with Crippen LogP contribution in [0.4, 0.5) is 11.4 Å². The zero-order chi connectivity index (χ0) is 13.0. The lowest BCUT2D eigenvalue weighted by Crippen LogP contribution is -2.39. The average Bonchev–Trinajstić information content (AvgIpc) is 2.34. The van der Waals surface area contributed by atoms with Gasteiger partial charge in [0, 0.05) is 6.54 Å². The molecule has 0 saturated heterocycles. The van der Waals surface area contributed by atoms with Crippen LogP contribution in [-0.4, -0.2) is 19.2 Å². The molecule has 0 fully saturated rings. The predicted octanol–water partition coefficient (Wildman–Crippen LogP) is 3.44. The molecule has 0 aromatic heterocycles. The van der Waals surface area contributed by atoms with Gasteiger partial charge in [0.25, 0.3) is 0 Å². The first-order valence-electron chi connectivity index (χ1n) is 7.02. The van der Waals surface area contributed by atoms with Crippen molar-refractivity contribution in [1.82, 2.24) is 0 Å². The number of hydrogen-bond acceptors (Lipinski definition) is 3. The summed E-state index contributed by atoms with van der Waals surface area (Å²) in [7, 11) is 0. The summed E-state index contributed by atoms with van der Waals surface area (Å²) in [6, 6.07) is 5.93. The molecule has 0 saturated carbocycles. The van der Waals surface area contributed by atoms with E-state index in [1.807, 2.05) is 18.2 Å². The number of unbranched alkanes of at least 4 members (excludes halogenated alkanes) is 3. The Morgan fingerprint density at radius 1 is 1.33 bits per heavy atom. The Bertz CT molecular complexity index is 392. The lowest BCUT2D eigenvalue weighted by molar-refractivity contribution is 0.212. The molecule has 18 heavy (non-hydrogen) atoms. The molecule has 1 aromatic rings. The van der Waals surface area contributed by atoms with E-state index in [2.05, 4.69) is 18.7 Å². The molecule has 1 unspecified atom stereocenters. The first-order valence-corrected chi connectivity index (χ1v) is 7.02. The summed E-state index contributed by atoms with van der Waals surface area (Å²) in [4.78, 5) is 2.38.